The summed E-state index contributed by atoms with van der Waals surface area (Å²) in [7, 11) is 0. The minimum atomic E-state index is -0.316. The fourth-order valence-electron chi connectivity index (χ4n) is 3.05. The van der Waals surface area contributed by atoms with E-state index in [9.17, 15) is 14.0 Å². The van der Waals surface area contributed by atoms with Gasteiger partial charge in [-0.05, 0) is 25.0 Å². The Morgan fingerprint density at radius 1 is 1.31 bits per heavy atom. The fraction of sp³-hybridized carbons (Fsp3) is 0.421. The molecule has 0 radical (unpaired) electrons. The van der Waals surface area contributed by atoms with Crippen molar-refractivity contribution in [2.24, 2.45) is 11.8 Å². The quantitative estimate of drug-likeness (QED) is 0.885. The molecular weight excluding hydrogens is 353 g/mol. The molecule has 1 aromatic heterocycles. The Kier molecular flexibility index (Phi) is 5.66. The molecule has 3 rings (SSSR count). The van der Waals surface area contributed by atoms with Gasteiger partial charge < -0.3 is 10.2 Å². The number of nitrogens with one attached hydrogen (secondary N) is 1. The van der Waals surface area contributed by atoms with E-state index in [1.54, 1.807) is 17.5 Å². The minimum Gasteiger partial charge on any atom is -0.342 e. The molecule has 1 aliphatic heterocycles. The third-order valence-electron chi connectivity index (χ3n) is 4.53. The first-order chi connectivity index (χ1) is 12.4. The summed E-state index contributed by atoms with van der Waals surface area (Å²) in [5.41, 5.74) is 1.32. The molecule has 0 saturated carbocycles. The lowest BCUT2D eigenvalue weighted by Gasteiger charge is -2.32. The summed E-state index contributed by atoms with van der Waals surface area (Å²) in [6, 6.07) is 6.22. The SMILES string of the molecule is CC(C)C(=O)N1CCC(C(=O)Nc2nc(-c3cccc(F)c3)cs2)CC1. The highest BCUT2D eigenvalue weighted by molar-refractivity contribution is 7.14. The van der Waals surface area contributed by atoms with Gasteiger partial charge in [0.1, 0.15) is 5.82 Å². The number of thiazole rings is 1. The predicted molar refractivity (Wildman–Crippen MR) is 100 cm³/mol. The van der Waals surface area contributed by atoms with Crippen LogP contribution in [0, 0.1) is 17.7 Å². The number of benzene rings is 1. The van der Waals surface area contributed by atoms with Gasteiger partial charge in [0, 0.05) is 35.9 Å². The second-order valence-electron chi connectivity index (χ2n) is 6.79. The number of aromatic nitrogens is 1. The van der Waals surface area contributed by atoms with Gasteiger partial charge in [-0.1, -0.05) is 26.0 Å². The number of likely N-dealkylation sites (tertiary alicyclic amines) is 1. The zero-order chi connectivity index (χ0) is 18.7. The van der Waals surface area contributed by atoms with Crippen LogP contribution in [0.4, 0.5) is 9.52 Å². The monoisotopic (exact) mass is 375 g/mol. The van der Waals surface area contributed by atoms with Crippen LogP contribution in [0.5, 0.6) is 0 Å². The van der Waals surface area contributed by atoms with Crippen molar-refractivity contribution in [1.82, 2.24) is 9.88 Å². The van der Waals surface area contributed by atoms with E-state index in [4.69, 9.17) is 0 Å². The van der Waals surface area contributed by atoms with Crippen LogP contribution in [0.1, 0.15) is 26.7 Å². The van der Waals surface area contributed by atoms with Crippen molar-refractivity contribution < 1.29 is 14.0 Å². The van der Waals surface area contributed by atoms with Crippen LogP contribution < -0.4 is 5.32 Å². The molecular formula is C19H22FN3O2S. The van der Waals surface area contributed by atoms with Crippen molar-refractivity contribution in [3.05, 3.63) is 35.5 Å². The van der Waals surface area contributed by atoms with E-state index in [0.29, 0.717) is 42.3 Å². The van der Waals surface area contributed by atoms with Crippen LogP contribution in [-0.2, 0) is 9.59 Å². The number of carbonyl (C=O) groups excluding carboxylic acids is 2. The molecule has 1 N–H and O–H groups in total. The van der Waals surface area contributed by atoms with E-state index in [0.717, 1.165) is 0 Å². The first-order valence-corrected chi connectivity index (χ1v) is 9.63. The Bertz CT molecular complexity index is 798. The third kappa shape index (κ3) is 4.27. The lowest BCUT2D eigenvalue weighted by Crippen LogP contribution is -2.43. The average Bonchev–Trinajstić information content (AvgIpc) is 3.09. The van der Waals surface area contributed by atoms with Crippen molar-refractivity contribution in [2.45, 2.75) is 26.7 Å². The van der Waals surface area contributed by atoms with Crippen LogP contribution in [0.2, 0.25) is 0 Å². The number of amides is 2. The first kappa shape index (κ1) is 18.5. The molecule has 26 heavy (non-hydrogen) atoms. The van der Waals surface area contributed by atoms with Gasteiger partial charge in [-0.3, -0.25) is 9.59 Å². The predicted octanol–water partition coefficient (Wildman–Crippen LogP) is 3.78. The largest absolute Gasteiger partial charge is 0.342 e. The summed E-state index contributed by atoms with van der Waals surface area (Å²) in [6.45, 7) is 5.00. The highest BCUT2D eigenvalue weighted by atomic mass is 32.1. The Hall–Kier alpha value is -2.28. The maximum absolute atomic E-state index is 13.3. The maximum atomic E-state index is 13.3. The zero-order valence-electron chi connectivity index (χ0n) is 14.9. The van der Waals surface area contributed by atoms with Gasteiger partial charge >= 0.3 is 0 Å². The van der Waals surface area contributed by atoms with Gasteiger partial charge in [-0.25, -0.2) is 9.37 Å². The topological polar surface area (TPSA) is 62.3 Å². The van der Waals surface area contributed by atoms with E-state index in [1.807, 2.05) is 18.7 Å². The van der Waals surface area contributed by atoms with E-state index in [1.165, 1.54) is 23.5 Å². The molecule has 2 heterocycles. The first-order valence-electron chi connectivity index (χ1n) is 8.75. The summed E-state index contributed by atoms with van der Waals surface area (Å²) in [5, 5.41) is 5.16. The van der Waals surface area contributed by atoms with E-state index < -0.39 is 0 Å². The van der Waals surface area contributed by atoms with Crippen LogP contribution in [-0.4, -0.2) is 34.8 Å². The molecule has 0 bridgehead atoms. The molecule has 1 saturated heterocycles. The summed E-state index contributed by atoms with van der Waals surface area (Å²) in [5.74, 6) is -0.376. The average molecular weight is 375 g/mol. The highest BCUT2D eigenvalue weighted by Gasteiger charge is 2.28. The lowest BCUT2D eigenvalue weighted by atomic mass is 9.95. The Labute approximate surface area is 156 Å². The van der Waals surface area contributed by atoms with Gasteiger partial charge in [0.05, 0.1) is 5.69 Å². The molecule has 1 fully saturated rings. The Morgan fingerprint density at radius 2 is 2.04 bits per heavy atom. The second kappa shape index (κ2) is 7.95. The summed E-state index contributed by atoms with van der Waals surface area (Å²) in [4.78, 5) is 30.7. The van der Waals surface area contributed by atoms with Crippen LogP contribution in [0.3, 0.4) is 0 Å². The molecule has 1 aromatic carbocycles. The molecule has 7 heteroatoms. The Balaban J connectivity index is 1.57. The molecule has 2 amide bonds. The number of hydrogen-bond acceptors (Lipinski definition) is 4. The summed E-state index contributed by atoms with van der Waals surface area (Å²) < 4.78 is 13.3. The molecule has 138 valence electrons. The highest BCUT2D eigenvalue weighted by Crippen LogP contribution is 2.27. The standard InChI is InChI=1S/C19H22FN3O2S/c1-12(2)18(25)23-8-6-13(7-9-23)17(24)22-19-21-16(11-26-19)14-4-3-5-15(20)10-14/h3-5,10-13H,6-9H2,1-2H3,(H,21,22,24). The molecule has 0 atom stereocenters. The number of halogens is 1. The van der Waals surface area contributed by atoms with Gasteiger partial charge in [0.25, 0.3) is 0 Å². The van der Waals surface area contributed by atoms with Crippen molar-refractivity contribution >= 4 is 28.3 Å². The number of piperidine rings is 1. The molecule has 0 unspecified atom stereocenters. The van der Waals surface area contributed by atoms with Gasteiger partial charge in [0.15, 0.2) is 5.13 Å². The van der Waals surface area contributed by atoms with Crippen LogP contribution in [0.25, 0.3) is 11.3 Å². The van der Waals surface area contributed by atoms with Crippen LogP contribution in [0.15, 0.2) is 29.6 Å². The van der Waals surface area contributed by atoms with Crippen molar-refractivity contribution in [2.75, 3.05) is 18.4 Å². The fourth-order valence-corrected chi connectivity index (χ4v) is 3.77. The van der Waals surface area contributed by atoms with Crippen molar-refractivity contribution in [1.29, 1.82) is 0 Å². The molecule has 5 nitrogen and oxygen atoms in total. The van der Waals surface area contributed by atoms with Crippen molar-refractivity contribution in [3.63, 3.8) is 0 Å². The number of rotatable bonds is 4. The molecule has 0 spiro atoms. The smallest absolute Gasteiger partial charge is 0.229 e. The number of nitrogens with zero attached hydrogens (tertiary/aromatic N) is 2. The van der Waals surface area contributed by atoms with Gasteiger partial charge in [-0.15, -0.1) is 11.3 Å². The lowest BCUT2D eigenvalue weighted by molar-refractivity contribution is -0.137. The number of anilines is 1. The maximum Gasteiger partial charge on any atom is 0.229 e. The number of hydrogen-bond donors (Lipinski definition) is 1. The molecule has 0 aliphatic carbocycles. The normalized spacial score (nSPS) is 15.3. The molecule has 2 aromatic rings. The summed E-state index contributed by atoms with van der Waals surface area (Å²) in [6.07, 6.45) is 1.32. The summed E-state index contributed by atoms with van der Waals surface area (Å²) >= 11 is 1.32. The van der Waals surface area contributed by atoms with E-state index in [-0.39, 0.29) is 29.5 Å². The van der Waals surface area contributed by atoms with Gasteiger partial charge in [0.2, 0.25) is 11.8 Å². The van der Waals surface area contributed by atoms with E-state index in [2.05, 4.69) is 10.3 Å². The van der Waals surface area contributed by atoms with Crippen molar-refractivity contribution in [3.8, 4) is 11.3 Å². The van der Waals surface area contributed by atoms with E-state index >= 15 is 0 Å². The number of carbonyl (C=O) groups is 2. The zero-order valence-corrected chi connectivity index (χ0v) is 15.7. The Morgan fingerprint density at radius 3 is 2.69 bits per heavy atom. The third-order valence-corrected chi connectivity index (χ3v) is 5.28. The molecule has 1 aliphatic rings. The van der Waals surface area contributed by atoms with Gasteiger partial charge in [-0.2, -0.15) is 0 Å². The van der Waals surface area contributed by atoms with Crippen LogP contribution >= 0.6 is 11.3 Å². The second-order valence-corrected chi connectivity index (χ2v) is 7.65. The minimum absolute atomic E-state index is 0.0167.